The molecule has 1 heterocycles. The molecule has 4 N–H and O–H groups in total. The van der Waals surface area contributed by atoms with Gasteiger partial charge < -0.3 is 21.3 Å². The fraction of sp³-hybridized carbons (Fsp3) is 0.529. The molecule has 6 heteroatoms. The number of benzene rings is 1. The smallest absolute Gasteiger partial charge is 0.319 e. The monoisotopic (exact) mass is 316 g/mol. The van der Waals surface area contributed by atoms with Gasteiger partial charge in [-0.2, -0.15) is 0 Å². The van der Waals surface area contributed by atoms with E-state index < -0.39 is 0 Å². The van der Waals surface area contributed by atoms with Gasteiger partial charge in [0.05, 0.1) is 0 Å². The van der Waals surface area contributed by atoms with Gasteiger partial charge in [0.1, 0.15) is 0 Å². The van der Waals surface area contributed by atoms with E-state index in [1.54, 1.807) is 24.3 Å². The molecular formula is C17H24N4O2. The Morgan fingerprint density at radius 3 is 2.70 bits per heavy atom. The van der Waals surface area contributed by atoms with Crippen molar-refractivity contribution in [1.82, 2.24) is 16.0 Å². The highest BCUT2D eigenvalue weighted by Gasteiger charge is 2.23. The first-order chi connectivity index (χ1) is 11.1. The number of piperidine rings is 1. The Kier molecular flexibility index (Phi) is 4.81. The highest BCUT2D eigenvalue weighted by atomic mass is 16.2. The van der Waals surface area contributed by atoms with Crippen LogP contribution in [0.3, 0.4) is 0 Å². The van der Waals surface area contributed by atoms with Crippen molar-refractivity contribution >= 4 is 17.6 Å². The third-order valence-corrected chi connectivity index (χ3v) is 4.25. The summed E-state index contributed by atoms with van der Waals surface area (Å²) in [5.74, 6) is -0.0876. The van der Waals surface area contributed by atoms with Crippen LogP contribution in [-0.2, 0) is 0 Å². The van der Waals surface area contributed by atoms with Gasteiger partial charge in [0.25, 0.3) is 5.91 Å². The summed E-state index contributed by atoms with van der Waals surface area (Å²) in [6.45, 7) is 3.05. The van der Waals surface area contributed by atoms with E-state index in [1.165, 1.54) is 0 Å². The van der Waals surface area contributed by atoms with Crippen LogP contribution in [0.15, 0.2) is 24.3 Å². The van der Waals surface area contributed by atoms with Gasteiger partial charge in [-0.15, -0.1) is 0 Å². The first-order valence-corrected chi connectivity index (χ1v) is 8.32. The molecule has 2 aliphatic rings. The molecule has 0 bridgehead atoms. The van der Waals surface area contributed by atoms with Crippen molar-refractivity contribution in [3.63, 3.8) is 0 Å². The first kappa shape index (κ1) is 15.8. The summed E-state index contributed by atoms with van der Waals surface area (Å²) < 4.78 is 0. The third kappa shape index (κ3) is 4.69. The van der Waals surface area contributed by atoms with Crippen molar-refractivity contribution in [2.75, 3.05) is 11.9 Å². The van der Waals surface area contributed by atoms with Crippen LogP contribution in [0.5, 0.6) is 0 Å². The summed E-state index contributed by atoms with van der Waals surface area (Å²) in [7, 11) is 0. The number of urea groups is 1. The van der Waals surface area contributed by atoms with Crippen LogP contribution in [0, 0.1) is 0 Å². The Balaban J connectivity index is 1.57. The van der Waals surface area contributed by atoms with Gasteiger partial charge in [0.2, 0.25) is 0 Å². The van der Waals surface area contributed by atoms with Crippen LogP contribution in [0.2, 0.25) is 0 Å². The maximum absolute atomic E-state index is 12.4. The maximum atomic E-state index is 12.4. The number of anilines is 1. The Hall–Kier alpha value is -2.08. The average Bonchev–Trinajstić information content (AvgIpc) is 3.31. The van der Waals surface area contributed by atoms with Crippen LogP contribution in [-0.4, -0.2) is 36.6 Å². The van der Waals surface area contributed by atoms with Crippen molar-refractivity contribution in [3.8, 4) is 0 Å². The molecule has 1 saturated carbocycles. The maximum Gasteiger partial charge on any atom is 0.319 e. The molecule has 1 saturated heterocycles. The molecule has 1 aliphatic heterocycles. The Morgan fingerprint density at radius 2 is 1.96 bits per heavy atom. The summed E-state index contributed by atoms with van der Waals surface area (Å²) in [4.78, 5) is 24.2. The van der Waals surface area contributed by atoms with E-state index in [0.29, 0.717) is 23.3 Å². The number of nitrogens with one attached hydrogen (secondary N) is 4. The van der Waals surface area contributed by atoms with Gasteiger partial charge in [-0.3, -0.25) is 4.79 Å². The van der Waals surface area contributed by atoms with Crippen LogP contribution in [0.1, 0.15) is 43.0 Å². The quantitative estimate of drug-likeness (QED) is 0.684. The lowest BCUT2D eigenvalue weighted by atomic mass is 10.0. The number of amides is 3. The van der Waals surface area contributed by atoms with Gasteiger partial charge in [0.15, 0.2) is 0 Å². The molecule has 2 atom stereocenters. The predicted octanol–water partition coefficient (Wildman–Crippen LogP) is 1.84. The van der Waals surface area contributed by atoms with Gasteiger partial charge in [-0.05, 0) is 57.4 Å². The molecular weight excluding hydrogens is 292 g/mol. The van der Waals surface area contributed by atoms with Crippen LogP contribution < -0.4 is 21.3 Å². The van der Waals surface area contributed by atoms with Gasteiger partial charge in [0, 0.05) is 29.4 Å². The number of hydrogen-bond donors (Lipinski definition) is 4. The van der Waals surface area contributed by atoms with E-state index in [2.05, 4.69) is 28.2 Å². The minimum absolute atomic E-state index is 0.0876. The number of carbonyl (C=O) groups excluding carboxylic acids is 2. The highest BCUT2D eigenvalue weighted by Crippen LogP contribution is 2.19. The van der Waals surface area contributed by atoms with Crippen molar-refractivity contribution in [1.29, 1.82) is 0 Å². The van der Waals surface area contributed by atoms with E-state index >= 15 is 0 Å². The summed E-state index contributed by atoms with van der Waals surface area (Å²) in [6, 6.07) is 7.78. The highest BCUT2D eigenvalue weighted by molar-refractivity contribution is 5.97. The normalized spacial score (nSPS) is 23.9. The van der Waals surface area contributed by atoms with Crippen molar-refractivity contribution in [2.45, 2.75) is 50.7 Å². The lowest BCUT2D eigenvalue weighted by molar-refractivity contribution is 0.0925. The number of carbonyl (C=O) groups is 2. The van der Waals surface area contributed by atoms with E-state index in [-0.39, 0.29) is 18.0 Å². The Bertz CT molecular complexity index is 586. The molecule has 2 fully saturated rings. The lowest BCUT2D eigenvalue weighted by Gasteiger charge is -2.28. The summed E-state index contributed by atoms with van der Waals surface area (Å²) in [5, 5.41) is 12.1. The largest absolute Gasteiger partial charge is 0.349 e. The molecule has 1 aromatic carbocycles. The van der Waals surface area contributed by atoms with E-state index in [0.717, 1.165) is 32.2 Å². The zero-order valence-corrected chi connectivity index (χ0v) is 13.4. The predicted molar refractivity (Wildman–Crippen MR) is 89.6 cm³/mol. The van der Waals surface area contributed by atoms with E-state index in [9.17, 15) is 9.59 Å². The molecule has 124 valence electrons. The molecule has 6 nitrogen and oxygen atoms in total. The van der Waals surface area contributed by atoms with Crippen LogP contribution in [0.25, 0.3) is 0 Å². The van der Waals surface area contributed by atoms with Gasteiger partial charge in [-0.25, -0.2) is 4.79 Å². The molecule has 1 aromatic rings. The summed E-state index contributed by atoms with van der Waals surface area (Å²) in [5.41, 5.74) is 1.20. The zero-order valence-electron chi connectivity index (χ0n) is 13.4. The van der Waals surface area contributed by atoms with Crippen molar-refractivity contribution < 1.29 is 9.59 Å². The second kappa shape index (κ2) is 7.00. The molecule has 0 radical (unpaired) electrons. The summed E-state index contributed by atoms with van der Waals surface area (Å²) >= 11 is 0. The standard InChI is InChI=1S/C17H24N4O2/c1-11-9-15(7-8-18-11)19-16(22)12-3-2-4-14(10-12)21-17(23)20-13-5-6-13/h2-4,10-11,13,15,18H,5-9H2,1H3,(H,19,22)(H2,20,21,23). The van der Waals surface area contributed by atoms with Crippen LogP contribution in [0.4, 0.5) is 10.5 Å². The first-order valence-electron chi connectivity index (χ1n) is 8.32. The molecule has 1 aliphatic carbocycles. The molecule has 2 unspecified atom stereocenters. The average molecular weight is 316 g/mol. The molecule has 0 aromatic heterocycles. The minimum atomic E-state index is -0.211. The fourth-order valence-corrected chi connectivity index (χ4v) is 2.85. The van der Waals surface area contributed by atoms with Crippen molar-refractivity contribution in [2.24, 2.45) is 0 Å². The number of hydrogen-bond acceptors (Lipinski definition) is 3. The molecule has 3 rings (SSSR count). The lowest BCUT2D eigenvalue weighted by Crippen LogP contribution is -2.46. The molecule has 3 amide bonds. The summed E-state index contributed by atoms with van der Waals surface area (Å²) in [6.07, 6.45) is 3.97. The van der Waals surface area contributed by atoms with Gasteiger partial charge >= 0.3 is 6.03 Å². The van der Waals surface area contributed by atoms with Crippen LogP contribution >= 0.6 is 0 Å². The SMILES string of the molecule is CC1CC(NC(=O)c2cccc(NC(=O)NC3CC3)c2)CCN1. The topological polar surface area (TPSA) is 82.3 Å². The zero-order chi connectivity index (χ0) is 16.2. The Morgan fingerprint density at radius 1 is 1.13 bits per heavy atom. The minimum Gasteiger partial charge on any atom is -0.349 e. The Labute approximate surface area is 136 Å². The van der Waals surface area contributed by atoms with E-state index in [1.807, 2.05) is 0 Å². The van der Waals surface area contributed by atoms with E-state index in [4.69, 9.17) is 0 Å². The second-order valence-corrected chi connectivity index (χ2v) is 6.50. The fourth-order valence-electron chi connectivity index (χ4n) is 2.85. The van der Waals surface area contributed by atoms with Gasteiger partial charge in [-0.1, -0.05) is 6.07 Å². The molecule has 23 heavy (non-hydrogen) atoms. The van der Waals surface area contributed by atoms with Crippen molar-refractivity contribution in [3.05, 3.63) is 29.8 Å². The molecule has 0 spiro atoms. The number of rotatable bonds is 4. The second-order valence-electron chi connectivity index (χ2n) is 6.50. The third-order valence-electron chi connectivity index (χ3n) is 4.25.